The topological polar surface area (TPSA) is 132 Å². The first-order valence-electron chi connectivity index (χ1n) is 11.9. The molecule has 1 amide bonds. The van der Waals surface area contributed by atoms with Crippen LogP contribution in [0.15, 0.2) is 48.5 Å². The van der Waals surface area contributed by atoms with Crippen molar-refractivity contribution in [3.8, 4) is 23.1 Å². The van der Waals surface area contributed by atoms with E-state index < -0.39 is 35.8 Å². The zero-order valence-corrected chi connectivity index (χ0v) is 21.9. The first-order valence-corrected chi connectivity index (χ1v) is 11.9. The summed E-state index contributed by atoms with van der Waals surface area (Å²) in [7, 11) is 2.85. The standard InChI is InChI=1S/C27H32FN3O7/c1-16(2)27(3,35)15-38-23-13-20(30-31(23)21-11-7-6-10-18(21)28)26(34)29-19(14-24(32)33)17-9-8-12-22(36-4)25(17)37-5/h6-13,16,19,35H,14-15H2,1-5H3,(H,29,34)(H,32,33). The van der Waals surface area contributed by atoms with Gasteiger partial charge in [-0.3, -0.25) is 9.59 Å². The monoisotopic (exact) mass is 529 g/mol. The molecule has 1 heterocycles. The van der Waals surface area contributed by atoms with Gasteiger partial charge in [-0.1, -0.05) is 38.1 Å². The summed E-state index contributed by atoms with van der Waals surface area (Å²) in [5.74, 6) is -1.97. The summed E-state index contributed by atoms with van der Waals surface area (Å²) < 4.78 is 32.3. The molecule has 0 fully saturated rings. The van der Waals surface area contributed by atoms with E-state index in [0.717, 1.165) is 4.68 Å². The maximum atomic E-state index is 14.6. The minimum absolute atomic E-state index is 0.0231. The number of rotatable bonds is 12. The van der Waals surface area contributed by atoms with Crippen molar-refractivity contribution < 1.29 is 38.4 Å². The molecule has 0 saturated heterocycles. The third kappa shape index (κ3) is 6.41. The number of carbonyl (C=O) groups excluding carboxylic acids is 1. The summed E-state index contributed by atoms with van der Waals surface area (Å²) in [5, 5.41) is 27.0. The summed E-state index contributed by atoms with van der Waals surface area (Å²) in [6, 6.07) is 11.0. The van der Waals surface area contributed by atoms with E-state index in [9.17, 15) is 24.2 Å². The molecule has 3 aromatic rings. The van der Waals surface area contributed by atoms with Crippen LogP contribution in [0.3, 0.4) is 0 Å². The number of halogens is 1. The molecule has 11 heteroatoms. The van der Waals surface area contributed by atoms with Crippen LogP contribution in [0.1, 0.15) is 49.3 Å². The van der Waals surface area contributed by atoms with E-state index in [1.165, 1.54) is 38.5 Å². The van der Waals surface area contributed by atoms with Crippen molar-refractivity contribution in [2.45, 2.75) is 38.8 Å². The zero-order chi connectivity index (χ0) is 28.0. The molecule has 10 nitrogen and oxygen atoms in total. The molecular formula is C27H32FN3O7. The molecule has 0 aliphatic rings. The quantitative estimate of drug-likeness (QED) is 0.323. The molecule has 0 radical (unpaired) electrons. The number of nitrogens with one attached hydrogen (secondary N) is 1. The second kappa shape index (κ2) is 12.0. The highest BCUT2D eigenvalue weighted by Gasteiger charge is 2.29. The van der Waals surface area contributed by atoms with Crippen LogP contribution >= 0.6 is 0 Å². The van der Waals surface area contributed by atoms with Gasteiger partial charge in [0.1, 0.15) is 18.1 Å². The van der Waals surface area contributed by atoms with E-state index in [0.29, 0.717) is 11.3 Å². The largest absolute Gasteiger partial charge is 0.493 e. The minimum atomic E-state index is -1.21. The molecule has 0 spiro atoms. The number of methoxy groups -OCH3 is 2. The van der Waals surface area contributed by atoms with E-state index in [4.69, 9.17) is 14.2 Å². The number of amides is 1. The highest BCUT2D eigenvalue weighted by Crippen LogP contribution is 2.36. The lowest BCUT2D eigenvalue weighted by Gasteiger charge is -2.27. The number of para-hydroxylation sites is 2. The molecule has 0 aliphatic heterocycles. The average molecular weight is 530 g/mol. The Labute approximate surface area is 219 Å². The van der Waals surface area contributed by atoms with Crippen LogP contribution in [-0.2, 0) is 4.79 Å². The molecule has 1 aromatic heterocycles. The van der Waals surface area contributed by atoms with Crippen LogP contribution in [0.25, 0.3) is 5.69 Å². The summed E-state index contributed by atoms with van der Waals surface area (Å²) in [6.07, 6.45) is -0.454. The Kier molecular flexibility index (Phi) is 8.95. The van der Waals surface area contributed by atoms with Crippen LogP contribution < -0.4 is 19.5 Å². The van der Waals surface area contributed by atoms with Gasteiger partial charge < -0.3 is 29.7 Å². The third-order valence-electron chi connectivity index (χ3n) is 6.24. The minimum Gasteiger partial charge on any atom is -0.493 e. The Morgan fingerprint density at radius 3 is 2.45 bits per heavy atom. The van der Waals surface area contributed by atoms with Crippen LogP contribution in [0.5, 0.6) is 17.4 Å². The Morgan fingerprint density at radius 2 is 1.84 bits per heavy atom. The van der Waals surface area contributed by atoms with Crippen molar-refractivity contribution in [3.63, 3.8) is 0 Å². The Bertz CT molecular complexity index is 1290. The molecule has 2 unspecified atom stereocenters. The number of hydrogen-bond acceptors (Lipinski definition) is 7. The van der Waals surface area contributed by atoms with Crippen molar-refractivity contribution in [1.82, 2.24) is 15.1 Å². The smallest absolute Gasteiger partial charge is 0.305 e. The molecule has 2 aromatic carbocycles. The first kappa shape index (κ1) is 28.5. The van der Waals surface area contributed by atoms with Gasteiger partial charge in [-0.2, -0.15) is 9.78 Å². The number of carboxylic acids is 1. The lowest BCUT2D eigenvalue weighted by molar-refractivity contribution is -0.137. The van der Waals surface area contributed by atoms with E-state index in [1.807, 2.05) is 13.8 Å². The number of benzene rings is 2. The Hall–Kier alpha value is -4.12. The summed E-state index contributed by atoms with van der Waals surface area (Å²) >= 11 is 0. The summed E-state index contributed by atoms with van der Waals surface area (Å²) in [4.78, 5) is 24.9. The fraction of sp³-hybridized carbons (Fsp3) is 0.370. The van der Waals surface area contributed by atoms with Crippen LogP contribution in [0.4, 0.5) is 4.39 Å². The molecule has 204 valence electrons. The molecule has 0 bridgehead atoms. The van der Waals surface area contributed by atoms with E-state index >= 15 is 0 Å². The normalized spacial score (nSPS) is 13.5. The molecule has 2 atom stereocenters. The molecular weight excluding hydrogens is 497 g/mol. The first-order chi connectivity index (χ1) is 18.0. The number of carbonyl (C=O) groups is 2. The molecule has 0 saturated carbocycles. The van der Waals surface area contributed by atoms with Crippen molar-refractivity contribution in [2.24, 2.45) is 5.92 Å². The van der Waals surface area contributed by atoms with Gasteiger partial charge in [-0.05, 0) is 31.0 Å². The fourth-order valence-electron chi connectivity index (χ4n) is 3.59. The molecule has 3 rings (SSSR count). The van der Waals surface area contributed by atoms with Gasteiger partial charge in [0.25, 0.3) is 5.91 Å². The second-order valence-electron chi connectivity index (χ2n) is 9.24. The predicted octanol–water partition coefficient (Wildman–Crippen LogP) is 3.76. The summed E-state index contributed by atoms with van der Waals surface area (Å²) in [6.45, 7) is 5.11. The van der Waals surface area contributed by atoms with Crippen molar-refractivity contribution in [1.29, 1.82) is 0 Å². The number of aliphatic hydroxyl groups is 1. The van der Waals surface area contributed by atoms with Gasteiger partial charge in [-0.25, -0.2) is 4.39 Å². The molecule has 0 aliphatic carbocycles. The highest BCUT2D eigenvalue weighted by atomic mass is 19.1. The van der Waals surface area contributed by atoms with Gasteiger partial charge in [0.2, 0.25) is 5.88 Å². The van der Waals surface area contributed by atoms with Crippen LogP contribution in [0, 0.1) is 11.7 Å². The number of nitrogens with zero attached hydrogens (tertiary/aromatic N) is 2. The highest BCUT2D eigenvalue weighted by molar-refractivity contribution is 5.93. The Balaban J connectivity index is 2.00. The van der Waals surface area contributed by atoms with Crippen LogP contribution in [0.2, 0.25) is 0 Å². The second-order valence-corrected chi connectivity index (χ2v) is 9.24. The van der Waals surface area contributed by atoms with Crippen molar-refractivity contribution in [3.05, 3.63) is 65.6 Å². The maximum Gasteiger partial charge on any atom is 0.305 e. The predicted molar refractivity (Wildman–Crippen MR) is 136 cm³/mol. The number of carboxylic acid groups (broad SMARTS) is 1. The van der Waals surface area contributed by atoms with Crippen molar-refractivity contribution in [2.75, 3.05) is 20.8 Å². The summed E-state index contributed by atoms with van der Waals surface area (Å²) in [5.41, 5.74) is -0.935. The van der Waals surface area contributed by atoms with Crippen LogP contribution in [-0.4, -0.2) is 58.3 Å². The van der Waals surface area contributed by atoms with E-state index in [2.05, 4.69) is 10.4 Å². The van der Waals surface area contributed by atoms with Gasteiger partial charge in [0.05, 0.1) is 32.3 Å². The number of hydrogen-bond donors (Lipinski definition) is 3. The third-order valence-corrected chi connectivity index (χ3v) is 6.24. The lowest BCUT2D eigenvalue weighted by Crippen LogP contribution is -2.38. The average Bonchev–Trinajstić information content (AvgIpc) is 3.30. The number of aromatic nitrogens is 2. The SMILES string of the molecule is COc1cccc(C(CC(=O)O)NC(=O)c2cc(OCC(C)(O)C(C)C)n(-c3ccccc3F)n2)c1OC. The van der Waals surface area contributed by atoms with E-state index in [1.54, 1.807) is 31.2 Å². The zero-order valence-electron chi connectivity index (χ0n) is 21.9. The maximum absolute atomic E-state index is 14.6. The number of aliphatic carboxylic acids is 1. The van der Waals surface area contributed by atoms with Gasteiger partial charge in [0.15, 0.2) is 17.2 Å². The number of ether oxygens (including phenoxy) is 3. The fourth-order valence-corrected chi connectivity index (χ4v) is 3.59. The van der Waals surface area contributed by atoms with Gasteiger partial charge >= 0.3 is 5.97 Å². The van der Waals surface area contributed by atoms with Crippen molar-refractivity contribution >= 4 is 11.9 Å². The lowest BCUT2D eigenvalue weighted by atomic mass is 9.94. The Morgan fingerprint density at radius 1 is 1.13 bits per heavy atom. The van der Waals surface area contributed by atoms with Gasteiger partial charge in [0, 0.05) is 11.6 Å². The van der Waals surface area contributed by atoms with Gasteiger partial charge in [-0.15, -0.1) is 0 Å². The molecule has 3 N–H and O–H groups in total. The van der Waals surface area contributed by atoms with E-state index in [-0.39, 0.29) is 35.5 Å². The molecule has 38 heavy (non-hydrogen) atoms.